The molecule has 0 saturated carbocycles. The first-order valence-electron chi connectivity index (χ1n) is 9.27. The standard InChI is InChI=1S/C21H27N3O3S2/c1-7-15(14-10-8-12(2)9-11-14)22-21(28)23-18-16(20(26)27-6)13(3)17(29-18)19(25)24(4)5/h8-11,15H,7H2,1-6H3,(H2,22,23,28). The van der Waals surface area contributed by atoms with Crippen molar-refractivity contribution in [1.82, 2.24) is 10.2 Å². The van der Waals surface area contributed by atoms with E-state index >= 15 is 0 Å². The van der Waals surface area contributed by atoms with Crippen molar-refractivity contribution in [2.75, 3.05) is 26.5 Å². The first-order chi connectivity index (χ1) is 13.7. The summed E-state index contributed by atoms with van der Waals surface area (Å²) in [5.74, 6) is -0.678. The topological polar surface area (TPSA) is 70.7 Å². The Bertz CT molecular complexity index is 905. The van der Waals surface area contributed by atoms with Crippen molar-refractivity contribution >= 4 is 45.5 Å². The van der Waals surface area contributed by atoms with Gasteiger partial charge in [-0.25, -0.2) is 4.79 Å². The molecule has 1 atom stereocenters. The predicted octanol–water partition coefficient (Wildman–Crippen LogP) is 4.29. The Morgan fingerprint density at radius 2 is 1.83 bits per heavy atom. The zero-order chi connectivity index (χ0) is 21.7. The summed E-state index contributed by atoms with van der Waals surface area (Å²) in [7, 11) is 4.66. The number of carbonyl (C=O) groups is 2. The van der Waals surface area contributed by atoms with Crippen LogP contribution in [0.2, 0.25) is 0 Å². The SMILES string of the molecule is CCC(NC(=S)Nc1sc(C(=O)N(C)C)c(C)c1C(=O)OC)c1ccc(C)cc1. The lowest BCUT2D eigenvalue weighted by atomic mass is 10.0. The summed E-state index contributed by atoms with van der Waals surface area (Å²) in [5, 5.41) is 7.27. The summed E-state index contributed by atoms with van der Waals surface area (Å²) in [5.41, 5.74) is 3.23. The van der Waals surface area contributed by atoms with Crippen LogP contribution in [0.15, 0.2) is 24.3 Å². The highest BCUT2D eigenvalue weighted by molar-refractivity contribution is 7.80. The molecule has 1 aromatic heterocycles. The minimum atomic E-state index is -0.507. The number of rotatable bonds is 6. The highest BCUT2D eigenvalue weighted by atomic mass is 32.1. The molecule has 0 aliphatic rings. The number of amides is 1. The summed E-state index contributed by atoms with van der Waals surface area (Å²) in [6.07, 6.45) is 0.836. The van der Waals surface area contributed by atoms with Crippen LogP contribution in [0, 0.1) is 13.8 Å². The van der Waals surface area contributed by atoms with Crippen molar-refractivity contribution in [3.8, 4) is 0 Å². The smallest absolute Gasteiger partial charge is 0.341 e. The van der Waals surface area contributed by atoms with Gasteiger partial charge in [0.1, 0.15) is 5.00 Å². The van der Waals surface area contributed by atoms with Gasteiger partial charge in [-0.3, -0.25) is 4.79 Å². The molecule has 1 heterocycles. The monoisotopic (exact) mass is 433 g/mol. The highest BCUT2D eigenvalue weighted by Gasteiger charge is 2.26. The number of nitrogens with zero attached hydrogens (tertiary/aromatic N) is 1. The van der Waals surface area contributed by atoms with Gasteiger partial charge in [-0.05, 0) is 43.6 Å². The van der Waals surface area contributed by atoms with Gasteiger partial charge in [-0.1, -0.05) is 36.8 Å². The number of hydrogen-bond acceptors (Lipinski definition) is 5. The Balaban J connectivity index is 2.28. The van der Waals surface area contributed by atoms with Gasteiger partial charge in [-0.15, -0.1) is 11.3 Å². The fourth-order valence-electron chi connectivity index (χ4n) is 2.87. The molecular formula is C21H27N3O3S2. The number of thiocarbonyl (C=S) groups is 1. The zero-order valence-electron chi connectivity index (χ0n) is 17.6. The highest BCUT2D eigenvalue weighted by Crippen LogP contribution is 2.34. The molecule has 0 saturated heterocycles. The molecule has 1 unspecified atom stereocenters. The second-order valence-electron chi connectivity index (χ2n) is 6.92. The molecule has 29 heavy (non-hydrogen) atoms. The zero-order valence-corrected chi connectivity index (χ0v) is 19.2. The fraction of sp³-hybridized carbons (Fsp3) is 0.381. The van der Waals surface area contributed by atoms with Crippen LogP contribution in [0.5, 0.6) is 0 Å². The number of nitrogens with one attached hydrogen (secondary N) is 2. The Morgan fingerprint density at radius 3 is 2.34 bits per heavy atom. The molecule has 6 nitrogen and oxygen atoms in total. The van der Waals surface area contributed by atoms with Crippen LogP contribution in [-0.4, -0.2) is 43.1 Å². The van der Waals surface area contributed by atoms with E-state index in [1.54, 1.807) is 21.0 Å². The van der Waals surface area contributed by atoms with E-state index in [1.165, 1.54) is 28.9 Å². The van der Waals surface area contributed by atoms with E-state index in [9.17, 15) is 9.59 Å². The third-order valence-corrected chi connectivity index (χ3v) is 5.97. The average molecular weight is 434 g/mol. The first-order valence-corrected chi connectivity index (χ1v) is 10.5. The van der Waals surface area contributed by atoms with E-state index < -0.39 is 5.97 Å². The van der Waals surface area contributed by atoms with Gasteiger partial charge in [0.15, 0.2) is 5.11 Å². The number of anilines is 1. The number of carbonyl (C=O) groups excluding carboxylic acids is 2. The number of ether oxygens (including phenoxy) is 1. The molecule has 0 radical (unpaired) electrons. The summed E-state index contributed by atoms with van der Waals surface area (Å²) < 4.78 is 4.91. The molecule has 2 N–H and O–H groups in total. The van der Waals surface area contributed by atoms with Gasteiger partial charge in [0.05, 0.1) is 23.6 Å². The van der Waals surface area contributed by atoms with Gasteiger partial charge in [0.25, 0.3) is 5.91 Å². The van der Waals surface area contributed by atoms with Crippen LogP contribution in [0.3, 0.4) is 0 Å². The molecule has 0 bridgehead atoms. The molecule has 2 rings (SSSR count). The van der Waals surface area contributed by atoms with Crippen LogP contribution in [-0.2, 0) is 4.74 Å². The van der Waals surface area contributed by atoms with E-state index in [-0.39, 0.29) is 11.9 Å². The molecule has 0 fully saturated rings. The minimum absolute atomic E-state index is 0.0288. The van der Waals surface area contributed by atoms with E-state index in [0.717, 1.165) is 12.0 Å². The summed E-state index contributed by atoms with van der Waals surface area (Å²) in [4.78, 5) is 26.8. The largest absolute Gasteiger partial charge is 0.465 e. The molecule has 156 valence electrons. The molecule has 0 aliphatic carbocycles. The Hall–Kier alpha value is -2.45. The lowest BCUT2D eigenvalue weighted by Gasteiger charge is -2.20. The van der Waals surface area contributed by atoms with E-state index in [1.807, 2.05) is 6.92 Å². The number of methoxy groups -OCH3 is 1. The summed E-state index contributed by atoms with van der Waals surface area (Å²) in [6.45, 7) is 5.86. The lowest BCUT2D eigenvalue weighted by Crippen LogP contribution is -2.32. The van der Waals surface area contributed by atoms with Crippen molar-refractivity contribution in [3.63, 3.8) is 0 Å². The summed E-state index contributed by atoms with van der Waals surface area (Å²) >= 11 is 6.69. The quantitative estimate of drug-likeness (QED) is 0.523. The molecule has 1 aromatic carbocycles. The third kappa shape index (κ3) is 5.33. The van der Waals surface area contributed by atoms with E-state index in [2.05, 4.69) is 41.8 Å². The second kappa shape index (κ2) is 9.84. The number of aryl methyl sites for hydroxylation is 1. The fourth-order valence-corrected chi connectivity index (χ4v) is 4.40. The van der Waals surface area contributed by atoms with Crippen molar-refractivity contribution < 1.29 is 14.3 Å². The van der Waals surface area contributed by atoms with Crippen LogP contribution in [0.4, 0.5) is 5.00 Å². The van der Waals surface area contributed by atoms with Gasteiger partial charge in [0, 0.05) is 14.1 Å². The van der Waals surface area contributed by atoms with Crippen molar-refractivity contribution in [3.05, 3.63) is 51.4 Å². The number of benzene rings is 1. The van der Waals surface area contributed by atoms with E-state index in [0.29, 0.717) is 26.1 Å². The molecule has 2 aromatic rings. The number of esters is 1. The number of thiophene rings is 1. The first kappa shape index (κ1) is 22.8. The molecular weight excluding hydrogens is 406 g/mol. The molecule has 1 amide bonds. The van der Waals surface area contributed by atoms with Gasteiger partial charge in [-0.2, -0.15) is 0 Å². The minimum Gasteiger partial charge on any atom is -0.465 e. The lowest BCUT2D eigenvalue weighted by molar-refractivity contribution is 0.0601. The Labute approximate surface area is 181 Å². The van der Waals surface area contributed by atoms with Crippen LogP contribution in [0.1, 0.15) is 56.1 Å². The Kier molecular flexibility index (Phi) is 7.75. The maximum Gasteiger partial charge on any atom is 0.341 e. The van der Waals surface area contributed by atoms with Crippen molar-refractivity contribution in [1.29, 1.82) is 0 Å². The van der Waals surface area contributed by atoms with Crippen LogP contribution < -0.4 is 10.6 Å². The van der Waals surface area contributed by atoms with Gasteiger partial charge >= 0.3 is 5.97 Å². The second-order valence-corrected chi connectivity index (χ2v) is 8.35. The average Bonchev–Trinajstić information content (AvgIpc) is 3.01. The summed E-state index contributed by atoms with van der Waals surface area (Å²) in [6, 6.07) is 8.30. The normalized spacial score (nSPS) is 11.5. The van der Waals surface area contributed by atoms with Crippen molar-refractivity contribution in [2.24, 2.45) is 0 Å². The van der Waals surface area contributed by atoms with Crippen molar-refractivity contribution in [2.45, 2.75) is 33.2 Å². The Morgan fingerprint density at radius 1 is 1.21 bits per heavy atom. The van der Waals surface area contributed by atoms with E-state index in [4.69, 9.17) is 17.0 Å². The van der Waals surface area contributed by atoms with Crippen LogP contribution in [0.25, 0.3) is 0 Å². The maximum atomic E-state index is 12.5. The molecule has 0 aliphatic heterocycles. The molecule has 0 spiro atoms. The van der Waals surface area contributed by atoms with Gasteiger partial charge in [0.2, 0.25) is 0 Å². The number of hydrogen-bond donors (Lipinski definition) is 2. The van der Waals surface area contributed by atoms with Gasteiger partial charge < -0.3 is 20.3 Å². The third-order valence-electron chi connectivity index (χ3n) is 4.56. The molecule has 8 heteroatoms. The maximum absolute atomic E-state index is 12.5. The predicted molar refractivity (Wildman–Crippen MR) is 122 cm³/mol. The van der Waals surface area contributed by atoms with Crippen LogP contribution >= 0.6 is 23.6 Å².